The molecule has 2 atom stereocenters. The van der Waals surface area contributed by atoms with E-state index < -0.39 is 11.7 Å². The van der Waals surface area contributed by atoms with Crippen LogP contribution in [0.15, 0.2) is 36.7 Å². The van der Waals surface area contributed by atoms with Gasteiger partial charge in [-0.05, 0) is 23.6 Å². The molecule has 0 bridgehead atoms. The van der Waals surface area contributed by atoms with Gasteiger partial charge in [-0.3, -0.25) is 0 Å². The van der Waals surface area contributed by atoms with Crippen LogP contribution in [0.1, 0.15) is 17.0 Å². The molecule has 0 amide bonds. The Morgan fingerprint density at radius 1 is 1.16 bits per heavy atom. The lowest BCUT2D eigenvalue weighted by atomic mass is 9.88. The minimum atomic E-state index is -4.42. The van der Waals surface area contributed by atoms with Gasteiger partial charge in [0.2, 0.25) is 5.95 Å². The van der Waals surface area contributed by atoms with Crippen LogP contribution in [0, 0.1) is 5.92 Å². The third-order valence-electron chi connectivity index (χ3n) is 4.45. The van der Waals surface area contributed by atoms with Crippen molar-refractivity contribution >= 4 is 17.5 Å². The Morgan fingerprint density at radius 3 is 2.40 bits per heavy atom. The molecule has 134 valence electrons. The molecule has 0 aliphatic carbocycles. The molecule has 0 radical (unpaired) electrons. The van der Waals surface area contributed by atoms with Gasteiger partial charge in [-0.1, -0.05) is 23.7 Å². The van der Waals surface area contributed by atoms with Crippen molar-refractivity contribution < 1.29 is 13.2 Å². The second-order valence-electron chi connectivity index (χ2n) is 6.23. The second kappa shape index (κ2) is 7.17. The zero-order chi connectivity index (χ0) is 18.0. The van der Waals surface area contributed by atoms with Crippen LogP contribution >= 0.6 is 11.6 Å². The highest BCUT2D eigenvalue weighted by Gasteiger charge is 2.32. The van der Waals surface area contributed by atoms with Gasteiger partial charge in [-0.25, -0.2) is 9.97 Å². The number of hydrogen-bond acceptors (Lipinski definition) is 4. The van der Waals surface area contributed by atoms with E-state index in [1.165, 1.54) is 5.56 Å². The van der Waals surface area contributed by atoms with Crippen molar-refractivity contribution in [3.8, 4) is 0 Å². The van der Waals surface area contributed by atoms with Gasteiger partial charge in [0, 0.05) is 50.0 Å². The van der Waals surface area contributed by atoms with Gasteiger partial charge in [0.05, 0.1) is 5.56 Å². The predicted molar refractivity (Wildman–Crippen MR) is 90.9 cm³/mol. The highest BCUT2D eigenvalue weighted by Crippen LogP contribution is 2.31. The van der Waals surface area contributed by atoms with Crippen LogP contribution < -0.4 is 10.2 Å². The number of benzene rings is 1. The standard InChI is InChI=1S/C17H18ClF3N4/c1-25(16-23-7-13(8-24-16)17(19,20)21)10-12-6-22-9-15(12)11-2-4-14(18)5-3-11/h2-5,7-8,12,15,22H,6,9-10H2,1H3/t12-,15-/m1/s1. The zero-order valence-electron chi connectivity index (χ0n) is 13.6. The SMILES string of the molecule is CN(C[C@H]1CNC[C@@H]1c1ccc(Cl)cc1)c1ncc(C(F)(F)F)cn1. The molecule has 8 heteroatoms. The summed E-state index contributed by atoms with van der Waals surface area (Å²) < 4.78 is 37.8. The normalized spacial score (nSPS) is 20.7. The monoisotopic (exact) mass is 370 g/mol. The number of anilines is 1. The maximum absolute atomic E-state index is 12.6. The van der Waals surface area contributed by atoms with Crippen molar-refractivity contribution in [3.05, 3.63) is 52.8 Å². The fraction of sp³-hybridized carbons (Fsp3) is 0.412. The number of nitrogens with zero attached hydrogens (tertiary/aromatic N) is 3. The molecule has 1 N–H and O–H groups in total. The summed E-state index contributed by atoms with van der Waals surface area (Å²) in [5.74, 6) is 0.904. The van der Waals surface area contributed by atoms with Crippen molar-refractivity contribution in [3.63, 3.8) is 0 Å². The molecule has 25 heavy (non-hydrogen) atoms. The van der Waals surface area contributed by atoms with Crippen LogP contribution in [0.2, 0.25) is 5.02 Å². The first-order chi connectivity index (χ1) is 11.8. The number of aromatic nitrogens is 2. The lowest BCUT2D eigenvalue weighted by molar-refractivity contribution is -0.138. The first-order valence-corrected chi connectivity index (χ1v) is 8.29. The van der Waals surface area contributed by atoms with E-state index in [-0.39, 0.29) is 5.95 Å². The average Bonchev–Trinajstić information content (AvgIpc) is 3.03. The van der Waals surface area contributed by atoms with Crippen LogP contribution in [0.25, 0.3) is 0 Å². The van der Waals surface area contributed by atoms with Crippen molar-refractivity contribution in [2.45, 2.75) is 12.1 Å². The molecule has 0 unspecified atom stereocenters. The molecule has 1 fully saturated rings. The number of halogens is 4. The second-order valence-corrected chi connectivity index (χ2v) is 6.66. The summed E-state index contributed by atoms with van der Waals surface area (Å²) in [7, 11) is 1.79. The van der Waals surface area contributed by atoms with E-state index in [0.717, 1.165) is 25.5 Å². The van der Waals surface area contributed by atoms with Crippen molar-refractivity contribution in [2.75, 3.05) is 31.6 Å². The van der Waals surface area contributed by atoms with Gasteiger partial charge >= 0.3 is 6.18 Å². The molecular weight excluding hydrogens is 353 g/mol. The average molecular weight is 371 g/mol. The molecule has 2 aromatic rings. The van der Waals surface area contributed by atoms with Crippen molar-refractivity contribution in [1.82, 2.24) is 15.3 Å². The molecule has 1 aromatic carbocycles. The van der Waals surface area contributed by atoms with Crippen LogP contribution in [-0.2, 0) is 6.18 Å². The third kappa shape index (κ3) is 4.22. The summed E-state index contributed by atoms with van der Waals surface area (Å²) in [4.78, 5) is 9.50. The van der Waals surface area contributed by atoms with Crippen LogP contribution in [0.5, 0.6) is 0 Å². The van der Waals surface area contributed by atoms with Crippen molar-refractivity contribution in [1.29, 1.82) is 0 Å². The van der Waals surface area contributed by atoms with Gasteiger partial charge in [0.1, 0.15) is 0 Å². The first kappa shape index (κ1) is 17.9. The highest BCUT2D eigenvalue weighted by atomic mass is 35.5. The fourth-order valence-electron chi connectivity index (χ4n) is 3.12. The number of nitrogens with one attached hydrogen (secondary N) is 1. The summed E-state index contributed by atoms with van der Waals surface area (Å²) in [5.41, 5.74) is 0.354. The van der Waals surface area contributed by atoms with E-state index in [9.17, 15) is 13.2 Å². The maximum atomic E-state index is 12.6. The summed E-state index contributed by atoms with van der Waals surface area (Å²) in [6.45, 7) is 2.33. The minimum Gasteiger partial charge on any atom is -0.344 e. The molecular formula is C17H18ClF3N4. The molecule has 3 rings (SSSR count). The number of alkyl halides is 3. The Bertz CT molecular complexity index is 703. The quantitative estimate of drug-likeness (QED) is 0.893. The van der Waals surface area contributed by atoms with E-state index in [0.29, 0.717) is 23.4 Å². The van der Waals surface area contributed by atoms with E-state index in [2.05, 4.69) is 15.3 Å². The Kier molecular flexibility index (Phi) is 5.15. The molecule has 1 aromatic heterocycles. The van der Waals surface area contributed by atoms with E-state index in [4.69, 9.17) is 11.6 Å². The van der Waals surface area contributed by atoms with E-state index in [1.807, 2.05) is 24.3 Å². The summed E-state index contributed by atoms with van der Waals surface area (Å²) in [5, 5.41) is 4.07. The maximum Gasteiger partial charge on any atom is 0.419 e. The molecule has 1 saturated heterocycles. The van der Waals surface area contributed by atoms with Crippen molar-refractivity contribution in [2.24, 2.45) is 5.92 Å². The topological polar surface area (TPSA) is 41.0 Å². The summed E-state index contributed by atoms with van der Waals surface area (Å²) in [6, 6.07) is 7.77. The van der Waals surface area contributed by atoms with Crippen LogP contribution in [0.3, 0.4) is 0 Å². The minimum absolute atomic E-state index is 0.287. The van der Waals surface area contributed by atoms with Gasteiger partial charge < -0.3 is 10.2 Å². The number of hydrogen-bond donors (Lipinski definition) is 1. The highest BCUT2D eigenvalue weighted by molar-refractivity contribution is 6.30. The van der Waals surface area contributed by atoms with E-state index >= 15 is 0 Å². The molecule has 0 spiro atoms. The molecule has 1 aliphatic heterocycles. The first-order valence-electron chi connectivity index (χ1n) is 7.91. The Hall–Kier alpha value is -1.86. The summed E-state index contributed by atoms with van der Waals surface area (Å²) in [6.07, 6.45) is -2.78. The lowest BCUT2D eigenvalue weighted by Crippen LogP contribution is -2.30. The molecule has 4 nitrogen and oxygen atoms in total. The zero-order valence-corrected chi connectivity index (χ0v) is 14.3. The van der Waals surface area contributed by atoms with E-state index in [1.54, 1.807) is 11.9 Å². The van der Waals surface area contributed by atoms with Gasteiger partial charge in [-0.2, -0.15) is 13.2 Å². The largest absolute Gasteiger partial charge is 0.419 e. The van der Waals surface area contributed by atoms with Gasteiger partial charge in [0.25, 0.3) is 0 Å². The van der Waals surface area contributed by atoms with Crippen LogP contribution in [-0.4, -0.2) is 36.6 Å². The Labute approximate surface area is 149 Å². The fourth-order valence-corrected chi connectivity index (χ4v) is 3.25. The Balaban J connectivity index is 1.69. The van der Waals surface area contributed by atoms with Gasteiger partial charge in [-0.15, -0.1) is 0 Å². The van der Waals surface area contributed by atoms with Crippen LogP contribution in [0.4, 0.5) is 19.1 Å². The smallest absolute Gasteiger partial charge is 0.344 e. The predicted octanol–water partition coefficient (Wildman–Crippen LogP) is 3.59. The van der Waals surface area contributed by atoms with Gasteiger partial charge in [0.15, 0.2) is 0 Å². The number of rotatable bonds is 4. The molecule has 1 aliphatic rings. The molecule has 0 saturated carbocycles. The Morgan fingerprint density at radius 2 is 1.80 bits per heavy atom. The lowest BCUT2D eigenvalue weighted by Gasteiger charge is -2.25. The summed E-state index contributed by atoms with van der Waals surface area (Å²) >= 11 is 5.94. The molecule has 2 heterocycles. The third-order valence-corrected chi connectivity index (χ3v) is 4.71.